The molecule has 2 aliphatic rings. The number of halogens is 3. The van der Waals surface area contributed by atoms with Crippen LogP contribution < -0.4 is 17.2 Å². The quantitative estimate of drug-likeness (QED) is 0.380. The van der Waals surface area contributed by atoms with Gasteiger partial charge >= 0.3 is 6.18 Å². The molecule has 1 aromatic carbocycles. The van der Waals surface area contributed by atoms with Gasteiger partial charge in [-0.2, -0.15) is 18.3 Å². The van der Waals surface area contributed by atoms with Gasteiger partial charge in [-0.25, -0.2) is 4.68 Å². The van der Waals surface area contributed by atoms with E-state index in [0.717, 1.165) is 18.6 Å². The van der Waals surface area contributed by atoms with Gasteiger partial charge in [0.15, 0.2) is 0 Å². The van der Waals surface area contributed by atoms with Gasteiger partial charge in [-0.05, 0) is 67.7 Å². The smallest absolute Gasteiger partial charge is 0.404 e. The predicted octanol–water partition coefficient (Wildman–Crippen LogP) is 3.04. The number of carbonyl (C=O) groups is 2. The lowest BCUT2D eigenvalue weighted by Gasteiger charge is -2.45. The van der Waals surface area contributed by atoms with Gasteiger partial charge in [0.25, 0.3) is 11.8 Å². The minimum absolute atomic E-state index is 0.00389. The van der Waals surface area contributed by atoms with Crippen LogP contribution in [0.25, 0.3) is 5.57 Å². The highest BCUT2D eigenvalue weighted by molar-refractivity contribution is 6.14. The summed E-state index contributed by atoms with van der Waals surface area (Å²) in [6.07, 6.45) is 0.335. The molecular weight excluding hydrogens is 511 g/mol. The predicted molar refractivity (Wildman–Crippen MR) is 141 cm³/mol. The van der Waals surface area contributed by atoms with Crippen molar-refractivity contribution in [2.45, 2.75) is 51.9 Å². The number of nitrogens with zero attached hydrogens (tertiary/aromatic N) is 4. The van der Waals surface area contributed by atoms with E-state index < -0.39 is 17.6 Å². The van der Waals surface area contributed by atoms with E-state index in [9.17, 15) is 22.8 Å². The molecule has 2 fully saturated rings. The second kappa shape index (κ2) is 10.5. The molecule has 6 N–H and O–H groups in total. The standard InChI is InChI=1S/C27H30F3N7O2/c1-3-4-21(38)36-8-7-26(15-36)10-20(11-26)37-24(32)22(25(33)39)23(35-37)18(12-31)14-34-13-17-9-19(27(28,29)30)6-5-16(17)2/h5-6,9,12,14,20H,7-8,10-11,13,15,31-32H2,1-2H3,(H2,33,39). The first kappa shape index (κ1) is 27.8. The Morgan fingerprint density at radius 3 is 2.64 bits per heavy atom. The average molecular weight is 542 g/mol. The number of benzene rings is 1. The summed E-state index contributed by atoms with van der Waals surface area (Å²) in [4.78, 5) is 30.5. The summed E-state index contributed by atoms with van der Waals surface area (Å²) in [5, 5.41) is 4.55. The summed E-state index contributed by atoms with van der Waals surface area (Å²) in [7, 11) is 0. The number of carbonyl (C=O) groups excluding carboxylic acids is 2. The molecule has 0 bridgehead atoms. The maximum Gasteiger partial charge on any atom is 0.416 e. The first-order valence-corrected chi connectivity index (χ1v) is 12.4. The molecule has 0 unspecified atom stereocenters. The lowest BCUT2D eigenvalue weighted by molar-refractivity contribution is -0.137. The molecule has 206 valence electrons. The third-order valence-electron chi connectivity index (χ3n) is 7.46. The lowest BCUT2D eigenvalue weighted by atomic mass is 9.65. The highest BCUT2D eigenvalue weighted by Gasteiger charge is 2.51. The zero-order chi connectivity index (χ0) is 28.5. The number of amides is 2. The number of hydrogen-bond donors (Lipinski definition) is 3. The van der Waals surface area contributed by atoms with E-state index >= 15 is 0 Å². The van der Waals surface area contributed by atoms with Crippen LogP contribution in [0.4, 0.5) is 19.0 Å². The molecule has 1 saturated carbocycles. The number of hydrogen-bond acceptors (Lipinski definition) is 6. The molecule has 0 atom stereocenters. The highest BCUT2D eigenvalue weighted by Crippen LogP contribution is 2.54. The molecule has 4 rings (SSSR count). The SMILES string of the molecule is CC#CC(=O)N1CCC2(CC(n3nc(C(C=NCc4cc(C(F)(F)F)ccc4C)=CN)c(C(N)=O)c3N)C2)C1. The van der Waals surface area contributed by atoms with Crippen LogP contribution in [0.15, 0.2) is 29.4 Å². The molecule has 0 radical (unpaired) electrons. The number of aliphatic imine (C=N–C) groups is 1. The number of anilines is 1. The summed E-state index contributed by atoms with van der Waals surface area (Å²) < 4.78 is 40.9. The number of aromatic nitrogens is 2. The van der Waals surface area contributed by atoms with Crippen molar-refractivity contribution in [3.63, 3.8) is 0 Å². The number of primary amides is 1. The number of aryl methyl sites for hydroxylation is 1. The van der Waals surface area contributed by atoms with Crippen LogP contribution in [0.1, 0.15) is 65.0 Å². The Hall–Kier alpha value is -4.27. The molecule has 2 amide bonds. The van der Waals surface area contributed by atoms with E-state index in [0.29, 0.717) is 37.1 Å². The number of likely N-dealkylation sites (tertiary alicyclic amines) is 1. The molecule has 9 nitrogen and oxygen atoms in total. The van der Waals surface area contributed by atoms with Crippen molar-refractivity contribution in [3.8, 4) is 11.8 Å². The average Bonchev–Trinajstić information content (AvgIpc) is 3.43. The van der Waals surface area contributed by atoms with Crippen molar-refractivity contribution in [1.29, 1.82) is 0 Å². The van der Waals surface area contributed by atoms with Crippen LogP contribution in [-0.2, 0) is 17.5 Å². The fraction of sp³-hybridized carbons (Fsp3) is 0.407. The molecule has 39 heavy (non-hydrogen) atoms. The minimum Gasteiger partial charge on any atom is -0.404 e. The van der Waals surface area contributed by atoms with Gasteiger partial charge in [0, 0.05) is 31.1 Å². The third kappa shape index (κ3) is 5.48. The van der Waals surface area contributed by atoms with Crippen LogP contribution in [0.2, 0.25) is 0 Å². The van der Waals surface area contributed by atoms with Gasteiger partial charge < -0.3 is 22.1 Å². The van der Waals surface area contributed by atoms with Crippen molar-refractivity contribution in [3.05, 3.63) is 52.3 Å². The second-order valence-electron chi connectivity index (χ2n) is 10.1. The molecule has 12 heteroatoms. The van der Waals surface area contributed by atoms with Crippen molar-refractivity contribution >= 4 is 29.4 Å². The number of rotatable bonds is 6. The van der Waals surface area contributed by atoms with Gasteiger partial charge in [-0.1, -0.05) is 12.0 Å². The fourth-order valence-electron chi connectivity index (χ4n) is 5.35. The third-order valence-corrected chi connectivity index (χ3v) is 7.46. The van der Waals surface area contributed by atoms with Crippen molar-refractivity contribution in [2.75, 3.05) is 18.8 Å². The number of alkyl halides is 3. The Labute approximate surface area is 223 Å². The van der Waals surface area contributed by atoms with Gasteiger partial charge in [-0.3, -0.25) is 14.6 Å². The lowest BCUT2D eigenvalue weighted by Crippen LogP contribution is -2.42. The molecular formula is C27H30F3N7O2. The van der Waals surface area contributed by atoms with E-state index in [-0.39, 0.29) is 46.6 Å². The maximum absolute atomic E-state index is 13.1. The Bertz CT molecular complexity index is 1420. The fourth-order valence-corrected chi connectivity index (χ4v) is 5.35. The number of nitrogens with two attached hydrogens (primary N) is 3. The topological polar surface area (TPSA) is 146 Å². The molecule has 1 aliphatic carbocycles. The first-order valence-electron chi connectivity index (χ1n) is 12.4. The molecule has 2 heterocycles. The van der Waals surface area contributed by atoms with Crippen molar-refractivity contribution < 1.29 is 22.8 Å². The summed E-state index contributed by atoms with van der Waals surface area (Å²) in [6, 6.07) is 3.36. The minimum atomic E-state index is -4.47. The Kier molecular flexibility index (Phi) is 7.46. The summed E-state index contributed by atoms with van der Waals surface area (Å²) in [6.45, 7) is 4.51. The number of nitrogen functional groups attached to an aromatic ring is 1. The molecule has 1 aromatic heterocycles. The van der Waals surface area contributed by atoms with Crippen molar-refractivity contribution in [1.82, 2.24) is 14.7 Å². The number of allylic oxidation sites excluding steroid dienone is 1. The van der Waals surface area contributed by atoms with E-state index in [1.807, 2.05) is 0 Å². The van der Waals surface area contributed by atoms with Crippen LogP contribution in [0, 0.1) is 24.2 Å². The highest BCUT2D eigenvalue weighted by atomic mass is 19.4. The largest absolute Gasteiger partial charge is 0.416 e. The van der Waals surface area contributed by atoms with Crippen LogP contribution in [-0.4, -0.2) is 45.8 Å². The van der Waals surface area contributed by atoms with Gasteiger partial charge in [0.1, 0.15) is 17.1 Å². The van der Waals surface area contributed by atoms with E-state index in [2.05, 4.69) is 21.9 Å². The Morgan fingerprint density at radius 2 is 2.03 bits per heavy atom. The monoisotopic (exact) mass is 541 g/mol. The van der Waals surface area contributed by atoms with Gasteiger partial charge in [0.05, 0.1) is 18.2 Å². The molecule has 1 aliphatic heterocycles. The zero-order valence-corrected chi connectivity index (χ0v) is 21.7. The zero-order valence-electron chi connectivity index (χ0n) is 21.7. The molecule has 1 spiro atoms. The van der Waals surface area contributed by atoms with E-state index in [4.69, 9.17) is 17.2 Å². The summed E-state index contributed by atoms with van der Waals surface area (Å²) in [5.74, 6) is 4.33. The summed E-state index contributed by atoms with van der Waals surface area (Å²) >= 11 is 0. The normalized spacial score (nSPS) is 21.2. The van der Waals surface area contributed by atoms with Gasteiger partial charge in [0.2, 0.25) is 0 Å². The van der Waals surface area contributed by atoms with E-state index in [1.54, 1.807) is 23.4 Å². The van der Waals surface area contributed by atoms with E-state index in [1.165, 1.54) is 18.5 Å². The Balaban J connectivity index is 1.53. The second-order valence-corrected chi connectivity index (χ2v) is 10.1. The van der Waals surface area contributed by atoms with Crippen LogP contribution in [0.5, 0.6) is 0 Å². The van der Waals surface area contributed by atoms with Gasteiger partial charge in [-0.15, -0.1) is 0 Å². The first-order chi connectivity index (χ1) is 18.4. The molecule has 1 saturated heterocycles. The van der Waals surface area contributed by atoms with Crippen molar-refractivity contribution in [2.24, 2.45) is 21.9 Å². The van der Waals surface area contributed by atoms with Crippen LogP contribution in [0.3, 0.4) is 0 Å². The molecule has 2 aromatic rings. The maximum atomic E-state index is 13.1. The van der Waals surface area contributed by atoms with Crippen LogP contribution >= 0.6 is 0 Å². The Morgan fingerprint density at radius 1 is 1.31 bits per heavy atom. The summed E-state index contributed by atoms with van der Waals surface area (Å²) in [5.41, 5.74) is 18.4.